The molecule has 0 amide bonds. The lowest BCUT2D eigenvalue weighted by atomic mass is 9.80. The van der Waals surface area contributed by atoms with Crippen molar-refractivity contribution in [2.45, 2.75) is 31.6 Å². The first-order valence-corrected chi connectivity index (χ1v) is 10.8. The summed E-state index contributed by atoms with van der Waals surface area (Å²) < 4.78 is 30.5. The third-order valence-electron chi connectivity index (χ3n) is 6.06. The summed E-state index contributed by atoms with van der Waals surface area (Å²) in [6, 6.07) is 12.7. The standard InChI is InChI=1S/C25H30FNO3/c1-2-3-4-5-13-27-14-12-23(19-6-8-21(26)9-7-19)20(16-27)17-28-22-10-11-24-25(15-22)30-18-29-24/h2,6-11,15,20,23H,1,3-5,12-14,16-18H2/t20-,23-/m0/s1. The van der Waals surface area contributed by atoms with Crippen molar-refractivity contribution in [1.82, 2.24) is 4.90 Å². The highest BCUT2D eigenvalue weighted by Crippen LogP contribution is 2.37. The van der Waals surface area contributed by atoms with Crippen molar-refractivity contribution in [2.24, 2.45) is 5.92 Å². The quantitative estimate of drug-likeness (QED) is 0.409. The van der Waals surface area contributed by atoms with Gasteiger partial charge in [-0.1, -0.05) is 18.2 Å². The molecular formula is C25H30FNO3. The highest BCUT2D eigenvalue weighted by atomic mass is 19.1. The summed E-state index contributed by atoms with van der Waals surface area (Å²) in [5, 5.41) is 0. The predicted octanol–water partition coefficient (Wildman–Crippen LogP) is 5.40. The Labute approximate surface area is 178 Å². The molecule has 0 radical (unpaired) electrons. The summed E-state index contributed by atoms with van der Waals surface area (Å²) in [5.74, 6) is 2.80. The number of rotatable bonds is 9. The molecule has 0 unspecified atom stereocenters. The number of piperidine rings is 1. The molecule has 160 valence electrons. The second kappa shape index (κ2) is 9.98. The molecule has 2 atom stereocenters. The Morgan fingerprint density at radius 3 is 2.77 bits per heavy atom. The van der Waals surface area contributed by atoms with Gasteiger partial charge in [0, 0.05) is 18.5 Å². The van der Waals surface area contributed by atoms with Crippen LogP contribution in [-0.4, -0.2) is 37.9 Å². The van der Waals surface area contributed by atoms with Crippen LogP contribution in [0.5, 0.6) is 17.2 Å². The maximum atomic E-state index is 13.4. The van der Waals surface area contributed by atoms with Gasteiger partial charge in [0.15, 0.2) is 11.5 Å². The van der Waals surface area contributed by atoms with E-state index in [9.17, 15) is 4.39 Å². The first-order chi connectivity index (χ1) is 14.7. The van der Waals surface area contributed by atoms with Crippen LogP contribution in [0.2, 0.25) is 0 Å². The van der Waals surface area contributed by atoms with E-state index in [2.05, 4.69) is 11.5 Å². The lowest BCUT2D eigenvalue weighted by Crippen LogP contribution is -2.42. The van der Waals surface area contributed by atoms with Crippen LogP contribution in [0.15, 0.2) is 55.1 Å². The minimum atomic E-state index is -0.188. The zero-order valence-corrected chi connectivity index (χ0v) is 17.4. The minimum Gasteiger partial charge on any atom is -0.493 e. The molecule has 2 aliphatic heterocycles. The van der Waals surface area contributed by atoms with Crippen LogP contribution in [-0.2, 0) is 0 Å². The maximum Gasteiger partial charge on any atom is 0.231 e. The monoisotopic (exact) mass is 411 g/mol. The van der Waals surface area contributed by atoms with Gasteiger partial charge in [-0.3, -0.25) is 0 Å². The van der Waals surface area contributed by atoms with E-state index in [-0.39, 0.29) is 12.6 Å². The van der Waals surface area contributed by atoms with Crippen molar-refractivity contribution in [3.63, 3.8) is 0 Å². The first-order valence-electron chi connectivity index (χ1n) is 10.8. The molecule has 2 aliphatic rings. The number of benzene rings is 2. The number of nitrogens with zero attached hydrogens (tertiary/aromatic N) is 1. The Kier molecular flexibility index (Phi) is 6.90. The third kappa shape index (κ3) is 5.14. The number of allylic oxidation sites excluding steroid dienone is 1. The lowest BCUT2D eigenvalue weighted by molar-refractivity contribution is 0.109. The van der Waals surface area contributed by atoms with Crippen LogP contribution in [0, 0.1) is 11.7 Å². The molecule has 0 bridgehead atoms. The molecule has 2 heterocycles. The van der Waals surface area contributed by atoms with Crippen molar-refractivity contribution in [1.29, 1.82) is 0 Å². The fourth-order valence-electron chi connectivity index (χ4n) is 4.42. The second-order valence-corrected chi connectivity index (χ2v) is 8.12. The largest absolute Gasteiger partial charge is 0.493 e. The molecular weight excluding hydrogens is 381 g/mol. The molecule has 4 nitrogen and oxygen atoms in total. The van der Waals surface area contributed by atoms with Gasteiger partial charge in [-0.15, -0.1) is 6.58 Å². The van der Waals surface area contributed by atoms with Gasteiger partial charge in [0.1, 0.15) is 11.6 Å². The molecule has 4 rings (SSSR count). The van der Waals surface area contributed by atoms with E-state index >= 15 is 0 Å². The number of halogens is 1. The van der Waals surface area contributed by atoms with Crippen molar-refractivity contribution < 1.29 is 18.6 Å². The van der Waals surface area contributed by atoms with E-state index in [0.717, 1.165) is 49.7 Å². The van der Waals surface area contributed by atoms with E-state index in [4.69, 9.17) is 14.2 Å². The SMILES string of the molecule is C=CCCCCN1CC[C@@H](c2ccc(F)cc2)[C@H](COc2ccc3c(c2)OCO3)C1. The van der Waals surface area contributed by atoms with E-state index in [1.165, 1.54) is 18.4 Å². The molecule has 1 saturated heterocycles. The molecule has 2 aromatic carbocycles. The van der Waals surface area contributed by atoms with Gasteiger partial charge >= 0.3 is 0 Å². The van der Waals surface area contributed by atoms with Crippen LogP contribution in [0.4, 0.5) is 4.39 Å². The van der Waals surface area contributed by atoms with E-state index in [1.807, 2.05) is 36.4 Å². The Morgan fingerprint density at radius 1 is 1.10 bits per heavy atom. The molecule has 5 heteroatoms. The van der Waals surface area contributed by atoms with E-state index in [0.29, 0.717) is 18.4 Å². The first kappa shape index (κ1) is 20.7. The van der Waals surface area contributed by atoms with Gasteiger partial charge in [-0.2, -0.15) is 0 Å². The lowest BCUT2D eigenvalue weighted by Gasteiger charge is -2.39. The Balaban J connectivity index is 1.42. The number of unbranched alkanes of at least 4 members (excludes halogenated alkanes) is 2. The zero-order chi connectivity index (χ0) is 20.8. The summed E-state index contributed by atoms with van der Waals surface area (Å²) >= 11 is 0. The Hall–Kier alpha value is -2.53. The fourth-order valence-corrected chi connectivity index (χ4v) is 4.42. The van der Waals surface area contributed by atoms with Gasteiger partial charge in [0.2, 0.25) is 6.79 Å². The van der Waals surface area contributed by atoms with Crippen molar-refractivity contribution in [3.05, 3.63) is 66.5 Å². The number of ether oxygens (including phenoxy) is 3. The maximum absolute atomic E-state index is 13.4. The summed E-state index contributed by atoms with van der Waals surface area (Å²) in [6.07, 6.45) is 6.48. The highest BCUT2D eigenvalue weighted by Gasteiger charge is 2.31. The average molecular weight is 412 g/mol. The van der Waals surface area contributed by atoms with Gasteiger partial charge in [0.05, 0.1) is 6.61 Å². The summed E-state index contributed by atoms with van der Waals surface area (Å²) in [4.78, 5) is 2.54. The number of likely N-dealkylation sites (tertiary alicyclic amines) is 1. The van der Waals surface area contributed by atoms with Crippen molar-refractivity contribution in [3.8, 4) is 17.2 Å². The average Bonchev–Trinajstić information content (AvgIpc) is 3.24. The normalized spacial score (nSPS) is 20.8. The smallest absolute Gasteiger partial charge is 0.231 e. The van der Waals surface area contributed by atoms with Gasteiger partial charge < -0.3 is 19.1 Å². The van der Waals surface area contributed by atoms with E-state index < -0.39 is 0 Å². The molecule has 0 aromatic heterocycles. The molecule has 0 N–H and O–H groups in total. The third-order valence-corrected chi connectivity index (χ3v) is 6.06. The Bertz CT molecular complexity index is 839. The van der Waals surface area contributed by atoms with Crippen molar-refractivity contribution in [2.75, 3.05) is 33.0 Å². The van der Waals surface area contributed by atoms with Gasteiger partial charge in [0.25, 0.3) is 0 Å². The minimum absolute atomic E-state index is 0.188. The second-order valence-electron chi connectivity index (χ2n) is 8.12. The molecule has 0 spiro atoms. The summed E-state index contributed by atoms with van der Waals surface area (Å²) in [6.45, 7) is 7.84. The predicted molar refractivity (Wildman–Crippen MR) is 116 cm³/mol. The van der Waals surface area contributed by atoms with Crippen LogP contribution in [0.25, 0.3) is 0 Å². The molecule has 0 saturated carbocycles. The topological polar surface area (TPSA) is 30.9 Å². The van der Waals surface area contributed by atoms with E-state index in [1.54, 1.807) is 12.1 Å². The van der Waals surface area contributed by atoms with Gasteiger partial charge in [-0.05, 0) is 74.5 Å². The molecule has 1 fully saturated rings. The van der Waals surface area contributed by atoms with Crippen molar-refractivity contribution >= 4 is 0 Å². The van der Waals surface area contributed by atoms with Gasteiger partial charge in [-0.25, -0.2) is 4.39 Å². The van der Waals surface area contributed by atoms with Crippen LogP contribution in [0.1, 0.15) is 37.2 Å². The highest BCUT2D eigenvalue weighted by molar-refractivity contribution is 5.46. The molecule has 30 heavy (non-hydrogen) atoms. The molecule has 0 aliphatic carbocycles. The number of fused-ring (bicyclic) bond motifs is 1. The molecule has 2 aromatic rings. The summed E-state index contributed by atoms with van der Waals surface area (Å²) in [5.41, 5.74) is 1.20. The summed E-state index contributed by atoms with van der Waals surface area (Å²) in [7, 11) is 0. The van der Waals surface area contributed by atoms with Crippen LogP contribution in [0.3, 0.4) is 0 Å². The van der Waals surface area contributed by atoms with Crippen LogP contribution >= 0.6 is 0 Å². The fraction of sp³-hybridized carbons (Fsp3) is 0.440. The number of hydrogen-bond donors (Lipinski definition) is 0. The van der Waals surface area contributed by atoms with Crippen LogP contribution < -0.4 is 14.2 Å². The number of hydrogen-bond acceptors (Lipinski definition) is 4. The Morgan fingerprint density at radius 2 is 1.93 bits per heavy atom. The zero-order valence-electron chi connectivity index (χ0n) is 17.4.